The Labute approximate surface area is 110 Å². The van der Waals surface area contributed by atoms with Gasteiger partial charge in [0.1, 0.15) is 11.4 Å². The molecule has 1 saturated carbocycles. The molecule has 1 N–H and O–H groups in total. The van der Waals surface area contributed by atoms with Crippen LogP contribution in [0, 0.1) is 13.8 Å². The Morgan fingerprint density at radius 3 is 2.50 bits per heavy atom. The van der Waals surface area contributed by atoms with Crippen molar-refractivity contribution in [3.05, 3.63) is 28.8 Å². The van der Waals surface area contributed by atoms with E-state index in [2.05, 4.69) is 38.3 Å². The van der Waals surface area contributed by atoms with Gasteiger partial charge in [-0.15, -0.1) is 0 Å². The van der Waals surface area contributed by atoms with E-state index >= 15 is 0 Å². The molecule has 1 fully saturated rings. The molecule has 1 aromatic carbocycles. The molecule has 0 bridgehead atoms. The maximum absolute atomic E-state index is 6.41. The van der Waals surface area contributed by atoms with Gasteiger partial charge in [0.05, 0.1) is 0 Å². The van der Waals surface area contributed by atoms with E-state index in [-0.39, 0.29) is 5.60 Å². The van der Waals surface area contributed by atoms with Crippen molar-refractivity contribution in [3.8, 4) is 5.75 Å². The first-order chi connectivity index (χ1) is 8.63. The molecule has 0 saturated heterocycles. The van der Waals surface area contributed by atoms with Crippen LogP contribution in [0.2, 0.25) is 0 Å². The van der Waals surface area contributed by atoms with E-state index in [1.54, 1.807) is 0 Å². The van der Waals surface area contributed by atoms with Crippen molar-refractivity contribution in [3.63, 3.8) is 0 Å². The molecule has 1 aliphatic carbocycles. The number of aryl methyl sites for hydroxylation is 2. The minimum atomic E-state index is 0.113. The topological polar surface area (TPSA) is 21.3 Å². The third kappa shape index (κ3) is 1.83. The van der Waals surface area contributed by atoms with Crippen LogP contribution < -0.4 is 10.1 Å². The van der Waals surface area contributed by atoms with Gasteiger partial charge in [-0.25, -0.2) is 0 Å². The molecule has 2 heteroatoms. The number of ether oxygens (including phenoxy) is 1. The second-order valence-electron chi connectivity index (χ2n) is 6.01. The highest BCUT2D eigenvalue weighted by Crippen LogP contribution is 2.47. The average molecular weight is 245 g/mol. The van der Waals surface area contributed by atoms with Crippen LogP contribution >= 0.6 is 0 Å². The largest absolute Gasteiger partial charge is 0.487 e. The first kappa shape index (κ1) is 12.0. The summed E-state index contributed by atoms with van der Waals surface area (Å²) in [6.07, 6.45) is 6.20. The molecule has 0 radical (unpaired) electrons. The fraction of sp³-hybridized carbons (Fsp3) is 0.625. The summed E-state index contributed by atoms with van der Waals surface area (Å²) in [7, 11) is 2.07. The fourth-order valence-electron chi connectivity index (χ4n) is 3.51. The molecule has 1 aromatic rings. The van der Waals surface area contributed by atoms with Gasteiger partial charge in [0.15, 0.2) is 0 Å². The number of fused-ring (bicyclic) bond motifs is 1. The average Bonchev–Trinajstić information content (AvgIpc) is 2.79. The summed E-state index contributed by atoms with van der Waals surface area (Å²) in [6, 6.07) is 4.98. The Balaban J connectivity index is 2.04. The lowest BCUT2D eigenvalue weighted by Crippen LogP contribution is -2.41. The molecule has 2 nitrogen and oxygen atoms in total. The first-order valence-electron chi connectivity index (χ1n) is 7.11. The van der Waals surface area contributed by atoms with Gasteiger partial charge in [-0.2, -0.15) is 0 Å². The zero-order chi connectivity index (χ0) is 12.8. The van der Waals surface area contributed by atoms with Crippen molar-refractivity contribution >= 4 is 0 Å². The smallest absolute Gasteiger partial charge is 0.125 e. The molecule has 1 aliphatic heterocycles. The second kappa shape index (κ2) is 4.27. The summed E-state index contributed by atoms with van der Waals surface area (Å²) < 4.78 is 6.41. The molecular weight excluding hydrogens is 222 g/mol. The highest BCUT2D eigenvalue weighted by Gasteiger charge is 2.42. The number of hydrogen-bond donors (Lipinski definition) is 1. The summed E-state index contributed by atoms with van der Waals surface area (Å²) >= 11 is 0. The lowest BCUT2D eigenvalue weighted by molar-refractivity contribution is 0.0379. The van der Waals surface area contributed by atoms with E-state index in [1.807, 2.05) is 0 Å². The lowest BCUT2D eigenvalue weighted by Gasteiger charge is -2.40. The van der Waals surface area contributed by atoms with Crippen LogP contribution in [0.3, 0.4) is 0 Å². The number of hydrogen-bond acceptors (Lipinski definition) is 2. The zero-order valence-electron chi connectivity index (χ0n) is 11.7. The molecule has 98 valence electrons. The Hall–Kier alpha value is -1.02. The van der Waals surface area contributed by atoms with Crippen molar-refractivity contribution in [1.82, 2.24) is 5.32 Å². The maximum atomic E-state index is 6.41. The quantitative estimate of drug-likeness (QED) is 0.815. The number of nitrogens with one attached hydrogen (secondary N) is 1. The molecule has 1 heterocycles. The molecule has 0 aromatic heterocycles. The molecule has 2 aliphatic rings. The predicted molar refractivity (Wildman–Crippen MR) is 74.2 cm³/mol. The van der Waals surface area contributed by atoms with Crippen LogP contribution in [0.25, 0.3) is 0 Å². The third-order valence-electron chi connectivity index (χ3n) is 4.77. The van der Waals surface area contributed by atoms with Crippen LogP contribution in [0.4, 0.5) is 0 Å². The van der Waals surface area contributed by atoms with Crippen molar-refractivity contribution in [1.29, 1.82) is 0 Å². The van der Waals surface area contributed by atoms with Gasteiger partial charge in [-0.1, -0.05) is 6.07 Å². The van der Waals surface area contributed by atoms with Gasteiger partial charge in [0.25, 0.3) is 0 Å². The van der Waals surface area contributed by atoms with Gasteiger partial charge in [-0.3, -0.25) is 0 Å². The van der Waals surface area contributed by atoms with Crippen molar-refractivity contribution in [2.75, 3.05) is 7.05 Å². The fourth-order valence-corrected chi connectivity index (χ4v) is 3.51. The zero-order valence-corrected chi connectivity index (χ0v) is 11.7. The summed E-state index contributed by atoms with van der Waals surface area (Å²) in [4.78, 5) is 0. The highest BCUT2D eigenvalue weighted by molar-refractivity contribution is 5.45. The molecule has 1 atom stereocenters. The normalized spacial score (nSPS) is 24.9. The standard InChI is InChI=1S/C16H23NO/c1-11-8-13-14(17-3)10-16(6-4-5-7-16)18-15(13)9-12(11)2/h8-9,14,17H,4-7,10H2,1-3H3. The van der Waals surface area contributed by atoms with E-state index in [0.29, 0.717) is 6.04 Å². The van der Waals surface area contributed by atoms with Crippen LogP contribution in [0.5, 0.6) is 5.75 Å². The number of benzene rings is 1. The van der Waals surface area contributed by atoms with Gasteiger partial charge in [0.2, 0.25) is 0 Å². The van der Waals surface area contributed by atoms with E-state index in [0.717, 1.165) is 12.2 Å². The maximum Gasteiger partial charge on any atom is 0.125 e. The SMILES string of the molecule is CNC1CC2(CCCC2)Oc2cc(C)c(C)cc21. The Bertz CT molecular complexity index is 460. The molecule has 1 spiro atoms. The summed E-state index contributed by atoms with van der Waals surface area (Å²) in [5.41, 5.74) is 4.15. The summed E-state index contributed by atoms with van der Waals surface area (Å²) in [5.74, 6) is 1.12. The lowest BCUT2D eigenvalue weighted by atomic mass is 9.85. The molecule has 0 amide bonds. The van der Waals surface area contributed by atoms with Gasteiger partial charge in [-0.05, 0) is 63.8 Å². The van der Waals surface area contributed by atoms with Gasteiger partial charge in [0, 0.05) is 18.0 Å². The number of rotatable bonds is 1. The molecule has 18 heavy (non-hydrogen) atoms. The van der Waals surface area contributed by atoms with E-state index in [4.69, 9.17) is 4.74 Å². The molecule has 3 rings (SSSR count). The van der Waals surface area contributed by atoms with E-state index in [1.165, 1.54) is 42.4 Å². The Morgan fingerprint density at radius 1 is 1.17 bits per heavy atom. The highest BCUT2D eigenvalue weighted by atomic mass is 16.5. The third-order valence-corrected chi connectivity index (χ3v) is 4.77. The van der Waals surface area contributed by atoms with E-state index < -0.39 is 0 Å². The summed E-state index contributed by atoms with van der Waals surface area (Å²) in [5, 5.41) is 3.48. The van der Waals surface area contributed by atoms with Crippen molar-refractivity contribution in [2.24, 2.45) is 0 Å². The van der Waals surface area contributed by atoms with Crippen LogP contribution in [0.1, 0.15) is 54.8 Å². The molecule has 1 unspecified atom stereocenters. The second-order valence-corrected chi connectivity index (χ2v) is 6.01. The van der Waals surface area contributed by atoms with E-state index in [9.17, 15) is 0 Å². The van der Waals surface area contributed by atoms with Gasteiger partial charge >= 0.3 is 0 Å². The minimum Gasteiger partial charge on any atom is -0.487 e. The van der Waals surface area contributed by atoms with Crippen LogP contribution in [-0.2, 0) is 0 Å². The summed E-state index contributed by atoms with van der Waals surface area (Å²) in [6.45, 7) is 4.35. The van der Waals surface area contributed by atoms with Crippen LogP contribution in [-0.4, -0.2) is 12.6 Å². The molecular formula is C16H23NO. The van der Waals surface area contributed by atoms with Crippen molar-refractivity contribution in [2.45, 2.75) is 57.6 Å². The minimum absolute atomic E-state index is 0.113. The Kier molecular flexibility index (Phi) is 2.86. The first-order valence-corrected chi connectivity index (χ1v) is 7.11. The van der Waals surface area contributed by atoms with Crippen molar-refractivity contribution < 1.29 is 4.74 Å². The van der Waals surface area contributed by atoms with Crippen LogP contribution in [0.15, 0.2) is 12.1 Å². The van der Waals surface area contributed by atoms with Gasteiger partial charge < -0.3 is 10.1 Å². The Morgan fingerprint density at radius 2 is 1.83 bits per heavy atom. The predicted octanol–water partition coefficient (Wildman–Crippen LogP) is 3.66. The monoisotopic (exact) mass is 245 g/mol.